The first kappa shape index (κ1) is 12.7. The van der Waals surface area contributed by atoms with Crippen LogP contribution < -0.4 is 4.74 Å². The van der Waals surface area contributed by atoms with E-state index in [0.29, 0.717) is 0 Å². The van der Waals surface area contributed by atoms with Crippen molar-refractivity contribution in [2.45, 2.75) is 34.6 Å². The molecule has 0 aliphatic carbocycles. The van der Waals surface area contributed by atoms with E-state index in [0.717, 1.165) is 11.5 Å². The monoisotopic (exact) mass is 240 g/mol. The summed E-state index contributed by atoms with van der Waals surface area (Å²) in [5.74, 6) is 1.85. The highest BCUT2D eigenvalue weighted by Crippen LogP contribution is 2.28. The maximum absolute atomic E-state index is 5.98. The van der Waals surface area contributed by atoms with Gasteiger partial charge in [-0.1, -0.05) is 12.1 Å². The summed E-state index contributed by atoms with van der Waals surface area (Å²) >= 11 is 0. The van der Waals surface area contributed by atoms with Crippen LogP contribution >= 0.6 is 0 Å². The Morgan fingerprint density at radius 3 is 1.89 bits per heavy atom. The summed E-state index contributed by atoms with van der Waals surface area (Å²) in [6.07, 6.45) is 0. The molecule has 2 aromatic rings. The molecule has 0 N–H and O–H groups in total. The fourth-order valence-corrected chi connectivity index (χ4v) is 1.95. The lowest BCUT2D eigenvalue weighted by molar-refractivity contribution is 0.478. The second kappa shape index (κ2) is 4.85. The lowest BCUT2D eigenvalue weighted by Gasteiger charge is -2.12. The molecule has 0 aromatic heterocycles. The van der Waals surface area contributed by atoms with Gasteiger partial charge in [-0.3, -0.25) is 0 Å². The van der Waals surface area contributed by atoms with Crippen LogP contribution in [-0.2, 0) is 0 Å². The van der Waals surface area contributed by atoms with Crippen molar-refractivity contribution in [1.82, 2.24) is 0 Å². The molecule has 0 spiro atoms. The topological polar surface area (TPSA) is 9.23 Å². The Labute approximate surface area is 109 Å². The second-order valence-electron chi connectivity index (χ2n) is 5.05. The van der Waals surface area contributed by atoms with Gasteiger partial charge in [0.1, 0.15) is 11.5 Å². The molecule has 94 valence electrons. The van der Waals surface area contributed by atoms with Crippen LogP contribution in [0.1, 0.15) is 27.8 Å². The smallest absolute Gasteiger partial charge is 0.130 e. The first-order valence-corrected chi connectivity index (χ1v) is 6.30. The molecule has 0 saturated heterocycles. The number of hydrogen-bond donors (Lipinski definition) is 0. The van der Waals surface area contributed by atoms with E-state index < -0.39 is 0 Å². The molecule has 18 heavy (non-hydrogen) atoms. The Balaban J connectivity index is 2.34. The summed E-state index contributed by atoms with van der Waals surface area (Å²) in [6.45, 7) is 10.5. The first-order valence-electron chi connectivity index (χ1n) is 6.30. The van der Waals surface area contributed by atoms with Gasteiger partial charge in [-0.15, -0.1) is 0 Å². The Hall–Kier alpha value is -1.76. The van der Waals surface area contributed by atoms with Crippen LogP contribution in [0.25, 0.3) is 0 Å². The molecule has 0 unspecified atom stereocenters. The van der Waals surface area contributed by atoms with Crippen molar-refractivity contribution < 1.29 is 4.74 Å². The van der Waals surface area contributed by atoms with Crippen molar-refractivity contribution in [2.75, 3.05) is 0 Å². The summed E-state index contributed by atoms with van der Waals surface area (Å²) in [7, 11) is 0. The van der Waals surface area contributed by atoms with Crippen LogP contribution in [0.2, 0.25) is 0 Å². The highest BCUT2D eigenvalue weighted by molar-refractivity contribution is 5.44. The molecule has 0 aliphatic rings. The highest BCUT2D eigenvalue weighted by atomic mass is 16.5. The third-order valence-electron chi connectivity index (χ3n) is 3.50. The molecule has 0 heterocycles. The second-order valence-corrected chi connectivity index (χ2v) is 5.05. The summed E-state index contributed by atoms with van der Waals surface area (Å²) in [4.78, 5) is 0. The minimum atomic E-state index is 0.907. The molecular weight excluding hydrogens is 220 g/mol. The minimum Gasteiger partial charge on any atom is -0.457 e. The zero-order chi connectivity index (χ0) is 13.3. The summed E-state index contributed by atoms with van der Waals surface area (Å²) in [6, 6.07) is 10.5. The first-order chi connectivity index (χ1) is 8.47. The van der Waals surface area contributed by atoms with E-state index in [4.69, 9.17) is 4.74 Å². The van der Waals surface area contributed by atoms with Crippen LogP contribution in [0.3, 0.4) is 0 Å². The van der Waals surface area contributed by atoms with Gasteiger partial charge >= 0.3 is 0 Å². The normalized spacial score (nSPS) is 10.5. The van der Waals surface area contributed by atoms with Gasteiger partial charge in [-0.25, -0.2) is 0 Å². The molecule has 2 rings (SSSR count). The van der Waals surface area contributed by atoms with Crippen molar-refractivity contribution in [2.24, 2.45) is 0 Å². The third-order valence-corrected chi connectivity index (χ3v) is 3.50. The van der Waals surface area contributed by atoms with Gasteiger partial charge in [0.15, 0.2) is 0 Å². The van der Waals surface area contributed by atoms with Crippen molar-refractivity contribution in [1.29, 1.82) is 0 Å². The van der Waals surface area contributed by atoms with Crippen molar-refractivity contribution in [3.05, 3.63) is 58.1 Å². The van der Waals surface area contributed by atoms with Crippen LogP contribution in [0.15, 0.2) is 30.3 Å². The highest BCUT2D eigenvalue weighted by Gasteiger charge is 2.05. The number of rotatable bonds is 2. The van der Waals surface area contributed by atoms with Crippen LogP contribution in [0.5, 0.6) is 11.5 Å². The van der Waals surface area contributed by atoms with Crippen molar-refractivity contribution in [3.63, 3.8) is 0 Å². The summed E-state index contributed by atoms with van der Waals surface area (Å²) < 4.78 is 5.98. The number of ether oxygens (including phenoxy) is 1. The molecule has 0 atom stereocenters. The molecule has 0 bridgehead atoms. The maximum atomic E-state index is 5.98. The minimum absolute atomic E-state index is 0.907. The Kier molecular flexibility index (Phi) is 3.42. The van der Waals surface area contributed by atoms with Crippen LogP contribution in [-0.4, -0.2) is 0 Å². The largest absolute Gasteiger partial charge is 0.457 e. The van der Waals surface area contributed by atoms with Crippen LogP contribution in [0.4, 0.5) is 0 Å². The summed E-state index contributed by atoms with van der Waals surface area (Å²) in [5.41, 5.74) is 6.30. The number of benzene rings is 2. The molecule has 0 amide bonds. The quantitative estimate of drug-likeness (QED) is 0.716. The Morgan fingerprint density at radius 2 is 1.22 bits per heavy atom. The van der Waals surface area contributed by atoms with Gasteiger partial charge in [-0.2, -0.15) is 0 Å². The molecule has 0 aliphatic heterocycles. The molecule has 2 aromatic carbocycles. The predicted molar refractivity (Wildman–Crippen MR) is 76.6 cm³/mol. The fourth-order valence-electron chi connectivity index (χ4n) is 1.95. The van der Waals surface area contributed by atoms with Gasteiger partial charge < -0.3 is 4.74 Å². The van der Waals surface area contributed by atoms with Crippen LogP contribution in [0, 0.1) is 34.6 Å². The maximum Gasteiger partial charge on any atom is 0.130 e. The Bertz CT molecular complexity index is 582. The number of hydrogen-bond acceptors (Lipinski definition) is 1. The van der Waals surface area contributed by atoms with Crippen molar-refractivity contribution in [3.8, 4) is 11.5 Å². The van der Waals surface area contributed by atoms with E-state index in [1.54, 1.807) is 0 Å². The van der Waals surface area contributed by atoms with Gasteiger partial charge in [0, 0.05) is 0 Å². The van der Waals surface area contributed by atoms with Crippen molar-refractivity contribution >= 4 is 0 Å². The zero-order valence-electron chi connectivity index (χ0n) is 11.8. The zero-order valence-corrected chi connectivity index (χ0v) is 11.8. The summed E-state index contributed by atoms with van der Waals surface area (Å²) in [5, 5.41) is 0. The van der Waals surface area contributed by atoms with E-state index in [2.05, 4.69) is 58.9 Å². The van der Waals surface area contributed by atoms with E-state index >= 15 is 0 Å². The molecular formula is C17H20O. The Morgan fingerprint density at radius 1 is 0.611 bits per heavy atom. The van der Waals surface area contributed by atoms with Gasteiger partial charge in [0.25, 0.3) is 0 Å². The molecule has 0 fully saturated rings. The van der Waals surface area contributed by atoms with E-state index in [1.165, 1.54) is 27.8 Å². The van der Waals surface area contributed by atoms with E-state index in [9.17, 15) is 0 Å². The average molecular weight is 240 g/mol. The standard InChI is InChI=1S/C17H20O/c1-11-6-7-16(9-13(11)3)18-17-10-14(4)12(2)8-15(17)5/h6-10H,1-5H3. The molecule has 0 radical (unpaired) electrons. The van der Waals surface area contributed by atoms with E-state index in [1.807, 2.05) is 6.07 Å². The van der Waals surface area contributed by atoms with Gasteiger partial charge in [-0.05, 0) is 80.6 Å². The molecule has 1 heteroatoms. The number of aryl methyl sites for hydroxylation is 5. The van der Waals surface area contributed by atoms with E-state index in [-0.39, 0.29) is 0 Å². The predicted octanol–water partition coefficient (Wildman–Crippen LogP) is 5.02. The van der Waals surface area contributed by atoms with Gasteiger partial charge in [0.05, 0.1) is 0 Å². The lowest BCUT2D eigenvalue weighted by atomic mass is 10.1. The SMILES string of the molecule is Cc1ccc(Oc2cc(C)c(C)cc2C)cc1C. The average Bonchev–Trinajstić information content (AvgIpc) is 2.31. The third kappa shape index (κ3) is 2.56. The molecule has 0 saturated carbocycles. The van der Waals surface area contributed by atoms with Gasteiger partial charge in [0.2, 0.25) is 0 Å². The lowest BCUT2D eigenvalue weighted by Crippen LogP contribution is -1.92. The fraction of sp³-hybridized carbons (Fsp3) is 0.294. The molecule has 1 nitrogen and oxygen atoms in total.